The van der Waals surface area contributed by atoms with Crippen molar-refractivity contribution in [2.24, 2.45) is 11.8 Å². The summed E-state index contributed by atoms with van der Waals surface area (Å²) >= 11 is 0. The second-order valence-corrected chi connectivity index (χ2v) is 9.31. The minimum atomic E-state index is -2.90. The average molecular weight is 337 g/mol. The van der Waals surface area contributed by atoms with E-state index in [2.05, 4.69) is 0 Å². The van der Waals surface area contributed by atoms with Gasteiger partial charge in [0.15, 0.2) is 9.84 Å². The van der Waals surface area contributed by atoms with Gasteiger partial charge in [-0.2, -0.15) is 0 Å². The summed E-state index contributed by atoms with van der Waals surface area (Å²) in [5, 5.41) is 0. The number of ether oxygens (including phenoxy) is 1. The van der Waals surface area contributed by atoms with Gasteiger partial charge in [-0.3, -0.25) is 4.79 Å². The maximum absolute atomic E-state index is 13.0. The standard InChI is InChI=1S/C17H23NO4S/c1-17(2,14-4-6-15(22-3)7-5-14)16(19)18-8-12-10-23(20,21)11-13(12)9-18/h4-7,12-13H,8-11H2,1-3H3/t12-,13+. The molecule has 23 heavy (non-hydrogen) atoms. The van der Waals surface area contributed by atoms with Crippen LogP contribution >= 0.6 is 0 Å². The Bertz CT molecular complexity index is 689. The number of carbonyl (C=O) groups excluding carboxylic acids is 1. The number of hydrogen-bond donors (Lipinski definition) is 0. The zero-order valence-electron chi connectivity index (χ0n) is 13.8. The Hall–Kier alpha value is -1.56. The fourth-order valence-corrected chi connectivity index (χ4v) is 5.92. The van der Waals surface area contributed by atoms with Crippen molar-refractivity contribution in [1.82, 2.24) is 4.90 Å². The number of benzene rings is 1. The van der Waals surface area contributed by atoms with Crippen molar-refractivity contribution in [1.29, 1.82) is 0 Å². The van der Waals surface area contributed by atoms with E-state index in [1.165, 1.54) is 0 Å². The van der Waals surface area contributed by atoms with Crippen molar-refractivity contribution in [2.75, 3.05) is 31.7 Å². The highest BCUT2D eigenvalue weighted by atomic mass is 32.2. The van der Waals surface area contributed by atoms with Crippen molar-refractivity contribution < 1.29 is 17.9 Å². The number of methoxy groups -OCH3 is 1. The molecule has 0 radical (unpaired) electrons. The minimum absolute atomic E-state index is 0.0643. The zero-order valence-corrected chi connectivity index (χ0v) is 14.6. The van der Waals surface area contributed by atoms with Crippen LogP contribution in [0.5, 0.6) is 5.75 Å². The fraction of sp³-hybridized carbons (Fsp3) is 0.588. The summed E-state index contributed by atoms with van der Waals surface area (Å²) in [6.07, 6.45) is 0. The molecule has 1 aromatic carbocycles. The number of fused-ring (bicyclic) bond motifs is 1. The molecule has 5 nitrogen and oxygen atoms in total. The van der Waals surface area contributed by atoms with Crippen LogP contribution in [0.15, 0.2) is 24.3 Å². The van der Waals surface area contributed by atoms with Gasteiger partial charge in [-0.15, -0.1) is 0 Å². The third kappa shape index (κ3) is 2.96. The molecule has 0 N–H and O–H groups in total. The first-order valence-corrected chi connectivity index (χ1v) is 9.69. The van der Waals surface area contributed by atoms with E-state index in [4.69, 9.17) is 4.74 Å². The van der Waals surface area contributed by atoms with Gasteiger partial charge in [0.25, 0.3) is 0 Å². The van der Waals surface area contributed by atoms with Crippen LogP contribution in [0.4, 0.5) is 0 Å². The summed E-state index contributed by atoms with van der Waals surface area (Å²) in [5.41, 5.74) is 0.303. The van der Waals surface area contributed by atoms with E-state index in [9.17, 15) is 13.2 Å². The highest BCUT2D eigenvalue weighted by molar-refractivity contribution is 7.91. The average Bonchev–Trinajstić information content (AvgIpc) is 2.99. The molecule has 126 valence electrons. The maximum Gasteiger partial charge on any atom is 0.232 e. The first kappa shape index (κ1) is 16.3. The second kappa shape index (κ2) is 5.51. The number of nitrogens with zero attached hydrogens (tertiary/aromatic N) is 1. The Labute approximate surface area is 137 Å². The van der Waals surface area contributed by atoms with E-state index in [0.717, 1.165) is 11.3 Å². The van der Waals surface area contributed by atoms with E-state index < -0.39 is 15.3 Å². The van der Waals surface area contributed by atoms with Crippen molar-refractivity contribution in [2.45, 2.75) is 19.3 Å². The maximum atomic E-state index is 13.0. The van der Waals surface area contributed by atoms with Crippen LogP contribution in [-0.2, 0) is 20.0 Å². The smallest absolute Gasteiger partial charge is 0.232 e. The Morgan fingerprint density at radius 1 is 1.13 bits per heavy atom. The Balaban J connectivity index is 1.75. The summed E-state index contributed by atoms with van der Waals surface area (Å²) in [5.74, 6) is 1.49. The molecule has 2 atom stereocenters. The summed E-state index contributed by atoms with van der Waals surface area (Å²) in [6, 6.07) is 7.54. The molecule has 2 aliphatic heterocycles. The molecule has 0 bridgehead atoms. The molecule has 0 aromatic heterocycles. The van der Waals surface area contributed by atoms with Crippen molar-refractivity contribution >= 4 is 15.7 Å². The van der Waals surface area contributed by atoms with Crippen LogP contribution in [0.3, 0.4) is 0 Å². The van der Waals surface area contributed by atoms with Gasteiger partial charge >= 0.3 is 0 Å². The van der Waals surface area contributed by atoms with E-state index in [1.807, 2.05) is 43.0 Å². The molecule has 1 amide bonds. The van der Waals surface area contributed by atoms with E-state index >= 15 is 0 Å². The molecular weight excluding hydrogens is 314 g/mol. The normalized spacial score (nSPS) is 26.1. The largest absolute Gasteiger partial charge is 0.497 e. The predicted molar refractivity (Wildman–Crippen MR) is 88.2 cm³/mol. The van der Waals surface area contributed by atoms with Crippen molar-refractivity contribution in [3.63, 3.8) is 0 Å². The van der Waals surface area contributed by atoms with Gasteiger partial charge in [0.2, 0.25) is 5.91 Å². The molecule has 6 heteroatoms. The van der Waals surface area contributed by atoms with Gasteiger partial charge < -0.3 is 9.64 Å². The number of sulfone groups is 1. The van der Waals surface area contributed by atoms with Gasteiger partial charge in [-0.25, -0.2) is 8.42 Å². The lowest BCUT2D eigenvalue weighted by molar-refractivity contribution is -0.135. The Morgan fingerprint density at radius 3 is 2.13 bits per heavy atom. The molecule has 2 fully saturated rings. The number of hydrogen-bond acceptors (Lipinski definition) is 4. The number of carbonyl (C=O) groups is 1. The number of amides is 1. The number of likely N-dealkylation sites (tertiary alicyclic amines) is 1. The molecule has 2 aliphatic rings. The molecule has 2 heterocycles. The minimum Gasteiger partial charge on any atom is -0.497 e. The lowest BCUT2D eigenvalue weighted by Gasteiger charge is -2.30. The molecule has 0 saturated carbocycles. The van der Waals surface area contributed by atoms with Gasteiger partial charge in [0.05, 0.1) is 24.0 Å². The van der Waals surface area contributed by atoms with Crippen LogP contribution < -0.4 is 4.74 Å². The first-order valence-electron chi connectivity index (χ1n) is 7.87. The summed E-state index contributed by atoms with van der Waals surface area (Å²) in [4.78, 5) is 14.8. The van der Waals surface area contributed by atoms with Crippen LogP contribution in [0.25, 0.3) is 0 Å². The molecular formula is C17H23NO4S. The second-order valence-electron chi connectivity index (χ2n) is 7.16. The zero-order chi connectivity index (χ0) is 16.8. The van der Waals surface area contributed by atoms with Crippen LogP contribution in [-0.4, -0.2) is 50.9 Å². The molecule has 2 saturated heterocycles. The van der Waals surface area contributed by atoms with Crippen LogP contribution in [0.1, 0.15) is 19.4 Å². The molecule has 3 rings (SSSR count). The highest BCUT2D eigenvalue weighted by Crippen LogP contribution is 2.36. The Morgan fingerprint density at radius 2 is 1.65 bits per heavy atom. The summed E-state index contributed by atoms with van der Waals surface area (Å²) < 4.78 is 28.5. The monoisotopic (exact) mass is 337 g/mol. The van der Waals surface area contributed by atoms with Gasteiger partial charge in [0, 0.05) is 13.1 Å². The van der Waals surface area contributed by atoms with Crippen LogP contribution in [0, 0.1) is 11.8 Å². The van der Waals surface area contributed by atoms with E-state index in [0.29, 0.717) is 13.1 Å². The van der Waals surface area contributed by atoms with Gasteiger partial charge in [0.1, 0.15) is 5.75 Å². The van der Waals surface area contributed by atoms with Crippen molar-refractivity contribution in [3.05, 3.63) is 29.8 Å². The lowest BCUT2D eigenvalue weighted by atomic mass is 9.83. The van der Waals surface area contributed by atoms with Gasteiger partial charge in [-0.1, -0.05) is 12.1 Å². The molecule has 0 unspecified atom stereocenters. The van der Waals surface area contributed by atoms with Gasteiger partial charge in [-0.05, 0) is 43.4 Å². The summed E-state index contributed by atoms with van der Waals surface area (Å²) in [7, 11) is -1.29. The first-order chi connectivity index (χ1) is 10.7. The third-order valence-corrected chi connectivity index (χ3v) is 7.02. The Kier molecular flexibility index (Phi) is 3.91. The molecule has 0 aliphatic carbocycles. The lowest BCUT2D eigenvalue weighted by Crippen LogP contribution is -2.43. The van der Waals surface area contributed by atoms with Crippen molar-refractivity contribution in [3.8, 4) is 5.75 Å². The molecule has 0 spiro atoms. The summed E-state index contributed by atoms with van der Waals surface area (Å²) in [6.45, 7) is 4.95. The molecule has 1 aromatic rings. The topological polar surface area (TPSA) is 63.7 Å². The number of rotatable bonds is 3. The quantitative estimate of drug-likeness (QED) is 0.838. The van der Waals surface area contributed by atoms with Crippen LogP contribution in [0.2, 0.25) is 0 Å². The van der Waals surface area contributed by atoms with E-state index in [1.54, 1.807) is 7.11 Å². The SMILES string of the molecule is COc1ccc(C(C)(C)C(=O)N2C[C@@H]3CS(=O)(=O)C[C@@H]3C2)cc1. The predicted octanol–water partition coefficient (Wildman–Crippen LogP) is 1.48. The fourth-order valence-electron chi connectivity index (χ4n) is 3.73. The highest BCUT2D eigenvalue weighted by Gasteiger charge is 2.47. The van der Waals surface area contributed by atoms with E-state index in [-0.39, 0.29) is 29.2 Å². The third-order valence-electron chi connectivity index (χ3n) is 5.15.